The molecule has 12 heteroatoms. The number of nitrogens with zero attached hydrogens (tertiary/aromatic N) is 3. The molecule has 26 heavy (non-hydrogen) atoms. The lowest BCUT2D eigenvalue weighted by atomic mass is 10.1. The highest BCUT2D eigenvalue weighted by Gasteiger charge is 2.37. The van der Waals surface area contributed by atoms with E-state index in [0.29, 0.717) is 10.4 Å². The van der Waals surface area contributed by atoms with Crippen LogP contribution in [0.5, 0.6) is 0 Å². The highest BCUT2D eigenvalue weighted by atomic mass is 35.5. The molecule has 7 nitrogen and oxygen atoms in total. The topological polar surface area (TPSA) is 89.5 Å². The second kappa shape index (κ2) is 7.08. The number of benzene rings is 1. The molecule has 0 spiro atoms. The van der Waals surface area contributed by atoms with Crippen LogP contribution in [0.3, 0.4) is 0 Å². The van der Waals surface area contributed by atoms with Crippen LogP contribution in [0.2, 0.25) is 5.15 Å². The zero-order valence-corrected chi connectivity index (χ0v) is 14.9. The summed E-state index contributed by atoms with van der Waals surface area (Å²) in [6.07, 6.45) is -4.96. The fraction of sp³-hybridized carbons (Fsp3) is 0.214. The normalized spacial score (nSPS) is 11.9. The van der Waals surface area contributed by atoms with E-state index < -0.39 is 38.2 Å². The highest BCUT2D eigenvalue weighted by Crippen LogP contribution is 2.34. The number of hydrogen-bond acceptors (Lipinski definition) is 6. The first kappa shape index (κ1) is 19.9. The van der Waals surface area contributed by atoms with E-state index in [9.17, 15) is 26.4 Å². The number of ether oxygens (including phenoxy) is 1. The van der Waals surface area contributed by atoms with Gasteiger partial charge >= 0.3 is 12.1 Å². The fourth-order valence-electron chi connectivity index (χ4n) is 1.96. The predicted octanol–water partition coefficient (Wildman–Crippen LogP) is 2.76. The number of aromatic nitrogens is 2. The van der Waals surface area contributed by atoms with Crippen LogP contribution in [-0.2, 0) is 20.9 Å². The van der Waals surface area contributed by atoms with Crippen LogP contribution in [0.1, 0.15) is 15.9 Å². The van der Waals surface area contributed by atoms with Crippen molar-refractivity contribution >= 4 is 33.4 Å². The molecule has 0 bridgehead atoms. The highest BCUT2D eigenvalue weighted by molar-refractivity contribution is 7.92. The minimum absolute atomic E-state index is 0.0151. The van der Waals surface area contributed by atoms with Gasteiger partial charge in [0.25, 0.3) is 10.0 Å². The largest absolute Gasteiger partial charge is 0.465 e. The van der Waals surface area contributed by atoms with Gasteiger partial charge in [0.05, 0.1) is 23.1 Å². The molecule has 140 valence electrons. The number of hydrogen-bond donors (Lipinski definition) is 0. The van der Waals surface area contributed by atoms with Gasteiger partial charge in [0.15, 0.2) is 11.0 Å². The van der Waals surface area contributed by atoms with Crippen molar-refractivity contribution in [3.05, 3.63) is 46.6 Å². The number of methoxy groups -OCH3 is 1. The van der Waals surface area contributed by atoms with E-state index >= 15 is 0 Å². The van der Waals surface area contributed by atoms with Crippen molar-refractivity contribution in [2.24, 2.45) is 0 Å². The molecule has 0 amide bonds. The summed E-state index contributed by atoms with van der Waals surface area (Å²) in [5.74, 6) is -1.39. The minimum atomic E-state index is -4.96. The van der Waals surface area contributed by atoms with Crippen molar-refractivity contribution in [1.82, 2.24) is 10.2 Å². The molecule has 1 aromatic carbocycles. The number of alkyl halides is 3. The molecule has 2 rings (SSSR count). The fourth-order valence-corrected chi connectivity index (χ4v) is 3.23. The van der Waals surface area contributed by atoms with Crippen LogP contribution in [0.15, 0.2) is 35.2 Å². The predicted molar refractivity (Wildman–Crippen MR) is 85.4 cm³/mol. The van der Waals surface area contributed by atoms with Gasteiger partial charge in [-0.3, -0.25) is 4.31 Å². The van der Waals surface area contributed by atoms with Gasteiger partial charge in [-0.2, -0.15) is 13.2 Å². The van der Waals surface area contributed by atoms with Crippen molar-refractivity contribution < 1.29 is 31.1 Å². The van der Waals surface area contributed by atoms with E-state index in [2.05, 4.69) is 14.9 Å². The smallest absolute Gasteiger partial charge is 0.417 e. The molecular weight excluding hydrogens is 399 g/mol. The summed E-state index contributed by atoms with van der Waals surface area (Å²) < 4.78 is 69.8. The summed E-state index contributed by atoms with van der Waals surface area (Å²) >= 11 is 5.57. The van der Waals surface area contributed by atoms with E-state index in [1.165, 1.54) is 12.1 Å². The molecule has 0 radical (unpaired) electrons. The van der Waals surface area contributed by atoms with Crippen molar-refractivity contribution in [1.29, 1.82) is 0 Å². The number of carbonyl (C=O) groups excluding carboxylic acids is 1. The second-order valence-electron chi connectivity index (χ2n) is 4.88. The Bertz CT molecular complexity index is 933. The van der Waals surface area contributed by atoms with Crippen molar-refractivity contribution in [2.75, 3.05) is 18.5 Å². The van der Waals surface area contributed by atoms with Gasteiger partial charge in [-0.05, 0) is 30.3 Å². The van der Waals surface area contributed by atoms with E-state index in [4.69, 9.17) is 11.6 Å². The Morgan fingerprint density at radius 3 is 2.35 bits per heavy atom. The maximum Gasteiger partial charge on any atom is 0.417 e. The van der Waals surface area contributed by atoms with Gasteiger partial charge in [0.1, 0.15) is 0 Å². The maximum absolute atomic E-state index is 13.2. The monoisotopic (exact) mass is 409 g/mol. The first-order valence-electron chi connectivity index (χ1n) is 6.76. The third-order valence-corrected chi connectivity index (χ3v) is 5.26. The lowest BCUT2D eigenvalue weighted by Crippen LogP contribution is -2.28. The SMILES string of the molecule is COC(=O)c1ccc(S(=O)(=O)N(C)c2ccc(Cl)nn2)cc1C(F)(F)F. The van der Waals surface area contributed by atoms with Crippen LogP contribution in [0, 0.1) is 0 Å². The summed E-state index contributed by atoms with van der Waals surface area (Å²) in [4.78, 5) is 10.8. The zero-order chi connectivity index (χ0) is 19.7. The van der Waals surface area contributed by atoms with Crippen molar-refractivity contribution in [3.8, 4) is 0 Å². The molecule has 0 fully saturated rings. The van der Waals surface area contributed by atoms with Crippen LogP contribution in [-0.4, -0.2) is 38.7 Å². The van der Waals surface area contributed by atoms with Crippen LogP contribution < -0.4 is 4.31 Å². The van der Waals surface area contributed by atoms with Gasteiger partial charge in [-0.15, -0.1) is 10.2 Å². The third-order valence-electron chi connectivity index (χ3n) is 3.30. The third kappa shape index (κ3) is 3.88. The maximum atomic E-state index is 13.2. The molecule has 0 aliphatic carbocycles. The Labute approximate surface area is 151 Å². The number of anilines is 1. The van der Waals surface area contributed by atoms with Gasteiger partial charge in [0.2, 0.25) is 0 Å². The summed E-state index contributed by atoms with van der Waals surface area (Å²) in [6.45, 7) is 0. The van der Waals surface area contributed by atoms with Crippen LogP contribution in [0.4, 0.5) is 19.0 Å². The Balaban J connectivity index is 2.56. The number of halogens is 4. The first-order valence-corrected chi connectivity index (χ1v) is 8.58. The number of rotatable bonds is 4. The number of sulfonamides is 1. The lowest BCUT2D eigenvalue weighted by Gasteiger charge is -2.19. The molecule has 0 unspecified atom stereocenters. The first-order chi connectivity index (χ1) is 12.0. The molecule has 1 heterocycles. The Kier molecular flexibility index (Phi) is 5.42. The Morgan fingerprint density at radius 1 is 1.19 bits per heavy atom. The molecule has 0 saturated carbocycles. The second-order valence-corrected chi connectivity index (χ2v) is 7.24. The summed E-state index contributed by atoms with van der Waals surface area (Å²) in [5, 5.41) is 7.06. The molecule has 0 saturated heterocycles. The lowest BCUT2D eigenvalue weighted by molar-refractivity contribution is -0.138. The summed E-state index contributed by atoms with van der Waals surface area (Å²) in [7, 11) is -2.39. The molecule has 2 aromatic rings. The minimum Gasteiger partial charge on any atom is -0.465 e. The van der Waals surface area contributed by atoms with Crippen molar-refractivity contribution in [3.63, 3.8) is 0 Å². The van der Waals surface area contributed by atoms with E-state index in [0.717, 1.165) is 26.3 Å². The summed E-state index contributed by atoms with van der Waals surface area (Å²) in [6, 6.07) is 4.48. The number of esters is 1. The molecule has 0 aliphatic heterocycles. The molecule has 0 atom stereocenters. The van der Waals surface area contributed by atoms with Gasteiger partial charge in [-0.25, -0.2) is 13.2 Å². The molecule has 0 N–H and O–H groups in total. The van der Waals surface area contributed by atoms with Gasteiger partial charge in [0, 0.05) is 7.05 Å². The van der Waals surface area contributed by atoms with Crippen molar-refractivity contribution in [2.45, 2.75) is 11.1 Å². The Hall–Kier alpha value is -2.40. The van der Waals surface area contributed by atoms with Gasteiger partial charge in [-0.1, -0.05) is 11.6 Å². The Morgan fingerprint density at radius 2 is 1.85 bits per heavy atom. The van der Waals surface area contributed by atoms with Crippen LogP contribution >= 0.6 is 11.6 Å². The van der Waals surface area contributed by atoms with E-state index in [-0.39, 0.29) is 11.0 Å². The molecular formula is C14H11ClF3N3O4S. The zero-order valence-electron chi connectivity index (χ0n) is 13.3. The summed E-state index contributed by atoms with van der Waals surface area (Å²) in [5.41, 5.74) is -2.23. The molecule has 1 aromatic heterocycles. The standard InChI is InChI=1S/C14H11ClF3N3O4S/c1-21(12-6-5-11(15)19-20-12)26(23,24)8-3-4-9(13(22)25-2)10(7-8)14(16,17)18/h3-7H,1-2H3. The van der Waals surface area contributed by atoms with E-state index in [1.807, 2.05) is 0 Å². The molecule has 0 aliphatic rings. The number of carbonyl (C=O) groups is 1. The van der Waals surface area contributed by atoms with E-state index in [1.54, 1.807) is 0 Å². The van der Waals surface area contributed by atoms with Gasteiger partial charge < -0.3 is 4.74 Å². The quantitative estimate of drug-likeness (QED) is 0.721. The average molecular weight is 410 g/mol. The average Bonchev–Trinajstić information content (AvgIpc) is 2.59. The van der Waals surface area contributed by atoms with Crippen LogP contribution in [0.25, 0.3) is 0 Å².